The number of amides is 2. The Morgan fingerprint density at radius 1 is 1.17 bits per heavy atom. The molecule has 23 heavy (non-hydrogen) atoms. The number of hydrogen-bond donors (Lipinski definition) is 2. The van der Waals surface area contributed by atoms with Gasteiger partial charge in [-0.1, -0.05) is 19.3 Å². The van der Waals surface area contributed by atoms with Crippen LogP contribution in [0.1, 0.15) is 65.7 Å². The highest BCUT2D eigenvalue weighted by Crippen LogP contribution is 2.25. The predicted molar refractivity (Wildman–Crippen MR) is 93.5 cm³/mol. The molecule has 2 rings (SSSR count). The van der Waals surface area contributed by atoms with E-state index in [0.717, 1.165) is 32.0 Å². The Kier molecular flexibility index (Phi) is 6.72. The lowest BCUT2D eigenvalue weighted by atomic mass is 9.92. The molecule has 1 aliphatic heterocycles. The molecule has 2 N–H and O–H groups in total. The van der Waals surface area contributed by atoms with Crippen molar-refractivity contribution in [2.24, 2.45) is 0 Å². The molecular weight excluding hydrogens is 290 g/mol. The lowest BCUT2D eigenvalue weighted by Crippen LogP contribution is -2.53. The SMILES string of the molecule is CCN(CC(C)(C)O)C(=O)NC1CCN(C2CCCCC2)CC1. The third kappa shape index (κ3) is 5.96. The van der Waals surface area contributed by atoms with Crippen LogP contribution in [0.2, 0.25) is 0 Å². The van der Waals surface area contributed by atoms with Gasteiger partial charge in [-0.25, -0.2) is 4.79 Å². The second kappa shape index (κ2) is 8.34. The van der Waals surface area contributed by atoms with Crippen LogP contribution in [0.5, 0.6) is 0 Å². The van der Waals surface area contributed by atoms with Crippen LogP contribution in [0.4, 0.5) is 4.79 Å². The zero-order chi connectivity index (χ0) is 16.9. The predicted octanol–water partition coefficient (Wildman–Crippen LogP) is 2.59. The van der Waals surface area contributed by atoms with Gasteiger partial charge in [0.25, 0.3) is 0 Å². The summed E-state index contributed by atoms with van der Waals surface area (Å²) < 4.78 is 0. The van der Waals surface area contributed by atoms with Crippen LogP contribution in [0.25, 0.3) is 0 Å². The number of carbonyl (C=O) groups is 1. The first-order valence-electron chi connectivity index (χ1n) is 9.41. The molecule has 0 spiro atoms. The standard InChI is InChI=1S/C18H35N3O2/c1-4-20(14-18(2,3)23)17(22)19-15-10-12-21(13-11-15)16-8-6-5-7-9-16/h15-16,23H,4-14H2,1-3H3,(H,19,22). The lowest BCUT2D eigenvalue weighted by molar-refractivity contribution is 0.0466. The van der Waals surface area contributed by atoms with Crippen LogP contribution >= 0.6 is 0 Å². The largest absolute Gasteiger partial charge is 0.389 e. The van der Waals surface area contributed by atoms with Gasteiger partial charge in [-0.2, -0.15) is 0 Å². The number of rotatable bonds is 5. The van der Waals surface area contributed by atoms with Gasteiger partial charge in [-0.15, -0.1) is 0 Å². The van der Waals surface area contributed by atoms with Gasteiger partial charge in [-0.05, 0) is 46.5 Å². The monoisotopic (exact) mass is 325 g/mol. The number of likely N-dealkylation sites (N-methyl/N-ethyl adjacent to an activating group) is 1. The summed E-state index contributed by atoms with van der Waals surface area (Å²) in [5, 5.41) is 13.1. The van der Waals surface area contributed by atoms with E-state index in [1.807, 2.05) is 6.92 Å². The number of aliphatic hydroxyl groups is 1. The Balaban J connectivity index is 1.75. The topological polar surface area (TPSA) is 55.8 Å². The van der Waals surface area contributed by atoms with Crippen molar-refractivity contribution < 1.29 is 9.90 Å². The summed E-state index contributed by atoms with van der Waals surface area (Å²) in [5.41, 5.74) is -0.850. The van der Waals surface area contributed by atoms with Crippen molar-refractivity contribution in [3.8, 4) is 0 Å². The molecule has 2 fully saturated rings. The minimum Gasteiger partial charge on any atom is -0.389 e. The summed E-state index contributed by atoms with van der Waals surface area (Å²) in [4.78, 5) is 16.7. The van der Waals surface area contributed by atoms with E-state index in [-0.39, 0.29) is 12.1 Å². The normalized spacial score (nSPS) is 22.1. The summed E-state index contributed by atoms with van der Waals surface area (Å²) in [6.45, 7) is 8.64. The molecule has 2 amide bonds. The van der Waals surface area contributed by atoms with Crippen molar-refractivity contribution >= 4 is 6.03 Å². The molecule has 2 aliphatic rings. The number of piperidine rings is 1. The van der Waals surface area contributed by atoms with Crippen LogP contribution < -0.4 is 5.32 Å². The molecule has 0 radical (unpaired) electrons. The number of carbonyl (C=O) groups excluding carboxylic acids is 1. The van der Waals surface area contributed by atoms with E-state index in [4.69, 9.17) is 0 Å². The van der Waals surface area contributed by atoms with Gasteiger partial charge in [0.1, 0.15) is 0 Å². The number of urea groups is 1. The average molecular weight is 325 g/mol. The third-order valence-electron chi connectivity index (χ3n) is 5.19. The molecule has 1 saturated carbocycles. The van der Waals surface area contributed by atoms with Crippen molar-refractivity contribution in [1.29, 1.82) is 0 Å². The zero-order valence-corrected chi connectivity index (χ0v) is 15.2. The molecule has 1 heterocycles. The highest BCUT2D eigenvalue weighted by molar-refractivity contribution is 5.74. The quantitative estimate of drug-likeness (QED) is 0.817. The maximum atomic E-state index is 12.4. The second-order valence-electron chi connectivity index (χ2n) is 7.88. The fourth-order valence-electron chi connectivity index (χ4n) is 3.92. The van der Waals surface area contributed by atoms with E-state index in [1.165, 1.54) is 32.1 Å². The molecule has 1 aliphatic carbocycles. The number of nitrogens with zero attached hydrogens (tertiary/aromatic N) is 2. The first-order chi connectivity index (χ1) is 10.9. The van der Waals surface area contributed by atoms with Gasteiger partial charge in [0.2, 0.25) is 0 Å². The summed E-state index contributed by atoms with van der Waals surface area (Å²) in [5.74, 6) is 0. The number of nitrogens with one attached hydrogen (secondary N) is 1. The van der Waals surface area contributed by atoms with Crippen molar-refractivity contribution in [3.05, 3.63) is 0 Å². The molecule has 0 aromatic rings. The van der Waals surface area contributed by atoms with Crippen LogP contribution in [-0.4, -0.2) is 64.8 Å². The Labute approximate surface area is 141 Å². The van der Waals surface area contributed by atoms with Crippen molar-refractivity contribution in [2.45, 2.75) is 83.4 Å². The van der Waals surface area contributed by atoms with Crippen LogP contribution in [0.15, 0.2) is 0 Å². The number of hydrogen-bond acceptors (Lipinski definition) is 3. The van der Waals surface area contributed by atoms with E-state index >= 15 is 0 Å². The molecule has 134 valence electrons. The Morgan fingerprint density at radius 2 is 1.78 bits per heavy atom. The van der Waals surface area contributed by atoms with Gasteiger partial charge in [0.05, 0.1) is 12.1 Å². The fourth-order valence-corrected chi connectivity index (χ4v) is 3.92. The molecule has 1 saturated heterocycles. The van der Waals surface area contributed by atoms with E-state index in [2.05, 4.69) is 10.2 Å². The zero-order valence-electron chi connectivity index (χ0n) is 15.2. The Bertz CT molecular complexity index is 367. The minimum absolute atomic E-state index is 0.0364. The van der Waals surface area contributed by atoms with Crippen molar-refractivity contribution in [3.63, 3.8) is 0 Å². The number of likely N-dealkylation sites (tertiary alicyclic amines) is 1. The molecule has 5 heteroatoms. The second-order valence-corrected chi connectivity index (χ2v) is 7.88. The van der Waals surface area contributed by atoms with Gasteiger partial charge in [-0.3, -0.25) is 0 Å². The van der Waals surface area contributed by atoms with Crippen molar-refractivity contribution in [2.75, 3.05) is 26.2 Å². The highest BCUT2D eigenvalue weighted by Gasteiger charge is 2.28. The van der Waals surface area contributed by atoms with Gasteiger partial charge in [0, 0.05) is 31.7 Å². The van der Waals surface area contributed by atoms with Crippen molar-refractivity contribution in [1.82, 2.24) is 15.1 Å². The molecule has 0 aromatic heterocycles. The van der Waals surface area contributed by atoms with E-state index in [1.54, 1.807) is 18.7 Å². The van der Waals surface area contributed by atoms with Gasteiger partial charge < -0.3 is 20.2 Å². The van der Waals surface area contributed by atoms with E-state index in [9.17, 15) is 9.90 Å². The molecule has 0 aromatic carbocycles. The first kappa shape index (κ1) is 18.5. The lowest BCUT2D eigenvalue weighted by Gasteiger charge is -2.40. The third-order valence-corrected chi connectivity index (χ3v) is 5.19. The first-order valence-corrected chi connectivity index (χ1v) is 9.41. The van der Waals surface area contributed by atoms with Crippen LogP contribution in [-0.2, 0) is 0 Å². The Hall–Kier alpha value is -0.810. The molecule has 5 nitrogen and oxygen atoms in total. The highest BCUT2D eigenvalue weighted by atomic mass is 16.3. The van der Waals surface area contributed by atoms with E-state index in [0.29, 0.717) is 13.1 Å². The molecule has 0 unspecified atom stereocenters. The van der Waals surface area contributed by atoms with Gasteiger partial charge in [0.15, 0.2) is 0 Å². The summed E-state index contributed by atoms with van der Waals surface area (Å²) >= 11 is 0. The average Bonchev–Trinajstić information content (AvgIpc) is 2.53. The van der Waals surface area contributed by atoms with Crippen LogP contribution in [0.3, 0.4) is 0 Å². The fraction of sp³-hybridized carbons (Fsp3) is 0.944. The van der Waals surface area contributed by atoms with Gasteiger partial charge >= 0.3 is 6.03 Å². The van der Waals surface area contributed by atoms with Crippen LogP contribution in [0, 0.1) is 0 Å². The summed E-state index contributed by atoms with van der Waals surface area (Å²) in [6, 6.07) is 1.02. The molecular formula is C18H35N3O2. The summed E-state index contributed by atoms with van der Waals surface area (Å²) in [6.07, 6.45) is 8.95. The Morgan fingerprint density at radius 3 is 2.30 bits per heavy atom. The maximum Gasteiger partial charge on any atom is 0.317 e. The minimum atomic E-state index is -0.850. The molecule has 0 atom stereocenters. The summed E-state index contributed by atoms with van der Waals surface area (Å²) in [7, 11) is 0. The molecule has 0 bridgehead atoms. The van der Waals surface area contributed by atoms with E-state index < -0.39 is 5.60 Å². The smallest absolute Gasteiger partial charge is 0.317 e. The maximum absolute atomic E-state index is 12.4.